The van der Waals surface area contributed by atoms with Crippen LogP contribution in [0, 0.1) is 0 Å². The van der Waals surface area contributed by atoms with Crippen molar-refractivity contribution in [2.45, 2.75) is 13.0 Å². The standard InChI is InChI=1S/C20H16F2N2O2/c21-20(22)26-18-9-8-17(24-19(25)15-7-4-10-23-13-15)12-16(18)11-14-5-2-1-3-6-14/h1-10,12-13,20H,11H2,(H,24,25). The van der Waals surface area contributed by atoms with Crippen molar-refractivity contribution in [3.05, 3.63) is 89.7 Å². The van der Waals surface area contributed by atoms with E-state index in [-0.39, 0.29) is 11.7 Å². The average molecular weight is 354 g/mol. The van der Waals surface area contributed by atoms with Crippen LogP contribution in [0.3, 0.4) is 0 Å². The Bertz CT molecular complexity index is 871. The van der Waals surface area contributed by atoms with E-state index in [2.05, 4.69) is 15.0 Å². The second-order valence-corrected chi connectivity index (χ2v) is 5.56. The third kappa shape index (κ3) is 4.63. The van der Waals surface area contributed by atoms with Gasteiger partial charge >= 0.3 is 6.61 Å². The molecule has 0 unspecified atom stereocenters. The van der Waals surface area contributed by atoms with E-state index < -0.39 is 6.61 Å². The van der Waals surface area contributed by atoms with E-state index in [9.17, 15) is 13.6 Å². The Hall–Kier alpha value is -3.28. The van der Waals surface area contributed by atoms with Gasteiger partial charge in [-0.25, -0.2) is 0 Å². The number of halogens is 2. The van der Waals surface area contributed by atoms with Gasteiger partial charge in [-0.15, -0.1) is 0 Å². The monoisotopic (exact) mass is 354 g/mol. The highest BCUT2D eigenvalue weighted by atomic mass is 19.3. The molecule has 3 rings (SSSR count). The van der Waals surface area contributed by atoms with Crippen LogP contribution >= 0.6 is 0 Å². The number of aromatic nitrogens is 1. The fraction of sp³-hybridized carbons (Fsp3) is 0.100. The molecule has 3 aromatic rings. The molecule has 0 bridgehead atoms. The maximum atomic E-state index is 12.7. The van der Waals surface area contributed by atoms with Gasteiger partial charge in [0, 0.05) is 30.1 Å². The lowest BCUT2D eigenvalue weighted by atomic mass is 10.0. The molecule has 0 spiro atoms. The fourth-order valence-electron chi connectivity index (χ4n) is 2.52. The molecule has 0 aliphatic heterocycles. The molecular weight excluding hydrogens is 338 g/mol. The number of nitrogens with one attached hydrogen (secondary N) is 1. The summed E-state index contributed by atoms with van der Waals surface area (Å²) in [5, 5.41) is 2.74. The highest BCUT2D eigenvalue weighted by Gasteiger charge is 2.13. The lowest BCUT2D eigenvalue weighted by molar-refractivity contribution is -0.0503. The van der Waals surface area contributed by atoms with Gasteiger partial charge in [-0.1, -0.05) is 30.3 Å². The van der Waals surface area contributed by atoms with Gasteiger partial charge in [0.05, 0.1) is 5.56 Å². The SMILES string of the molecule is O=C(Nc1ccc(OC(F)F)c(Cc2ccccc2)c1)c1cccnc1. The normalized spacial score (nSPS) is 10.6. The van der Waals surface area contributed by atoms with Crippen molar-refractivity contribution in [2.75, 3.05) is 5.32 Å². The van der Waals surface area contributed by atoms with Gasteiger partial charge in [0.2, 0.25) is 0 Å². The molecule has 0 saturated carbocycles. The molecule has 4 nitrogen and oxygen atoms in total. The van der Waals surface area contributed by atoms with Gasteiger partial charge in [-0.05, 0) is 35.9 Å². The van der Waals surface area contributed by atoms with Crippen LogP contribution in [0.2, 0.25) is 0 Å². The second-order valence-electron chi connectivity index (χ2n) is 5.56. The van der Waals surface area contributed by atoms with Gasteiger partial charge in [0.15, 0.2) is 0 Å². The van der Waals surface area contributed by atoms with Gasteiger partial charge < -0.3 is 10.1 Å². The molecule has 1 aromatic heterocycles. The molecule has 0 atom stereocenters. The van der Waals surface area contributed by atoms with Crippen LogP contribution in [0.15, 0.2) is 73.1 Å². The van der Waals surface area contributed by atoms with Crippen molar-refractivity contribution in [3.8, 4) is 5.75 Å². The number of nitrogens with zero attached hydrogens (tertiary/aromatic N) is 1. The summed E-state index contributed by atoms with van der Waals surface area (Å²) in [5.74, 6) is -0.241. The Labute approximate surface area is 149 Å². The number of benzene rings is 2. The Morgan fingerprint density at radius 3 is 2.58 bits per heavy atom. The van der Waals surface area contributed by atoms with Crippen LogP contribution in [0.25, 0.3) is 0 Å². The highest BCUT2D eigenvalue weighted by Crippen LogP contribution is 2.27. The first-order valence-corrected chi connectivity index (χ1v) is 7.95. The molecular formula is C20H16F2N2O2. The van der Waals surface area contributed by atoms with Crippen molar-refractivity contribution < 1.29 is 18.3 Å². The van der Waals surface area contributed by atoms with Crippen molar-refractivity contribution >= 4 is 11.6 Å². The van der Waals surface area contributed by atoms with Gasteiger partial charge in [-0.2, -0.15) is 8.78 Å². The molecule has 0 saturated heterocycles. The van der Waals surface area contributed by atoms with Crippen molar-refractivity contribution in [2.24, 2.45) is 0 Å². The highest BCUT2D eigenvalue weighted by molar-refractivity contribution is 6.04. The summed E-state index contributed by atoms with van der Waals surface area (Å²) in [4.78, 5) is 16.1. The van der Waals surface area contributed by atoms with Crippen molar-refractivity contribution in [1.82, 2.24) is 4.98 Å². The molecule has 26 heavy (non-hydrogen) atoms. The molecule has 1 amide bonds. The predicted molar refractivity (Wildman–Crippen MR) is 94.5 cm³/mol. The van der Waals surface area contributed by atoms with E-state index in [1.54, 1.807) is 24.4 Å². The maximum Gasteiger partial charge on any atom is 0.387 e. The van der Waals surface area contributed by atoms with Crippen LogP contribution in [0.1, 0.15) is 21.5 Å². The number of hydrogen-bond acceptors (Lipinski definition) is 3. The van der Waals surface area contributed by atoms with E-state index in [1.165, 1.54) is 18.3 Å². The number of amides is 1. The van der Waals surface area contributed by atoms with Crippen LogP contribution in [-0.2, 0) is 6.42 Å². The summed E-state index contributed by atoms with van der Waals surface area (Å²) in [6.45, 7) is -2.92. The van der Waals surface area contributed by atoms with Crippen LogP contribution in [-0.4, -0.2) is 17.5 Å². The molecule has 0 aliphatic rings. The van der Waals surface area contributed by atoms with Crippen molar-refractivity contribution in [3.63, 3.8) is 0 Å². The molecule has 132 valence electrons. The van der Waals surface area contributed by atoms with E-state index in [0.29, 0.717) is 23.2 Å². The molecule has 6 heteroatoms. The number of anilines is 1. The Morgan fingerprint density at radius 2 is 1.88 bits per heavy atom. The number of alkyl halides is 2. The fourth-order valence-corrected chi connectivity index (χ4v) is 2.52. The van der Waals surface area contributed by atoms with Gasteiger partial charge in [-0.3, -0.25) is 9.78 Å². The van der Waals surface area contributed by atoms with Crippen molar-refractivity contribution in [1.29, 1.82) is 0 Å². The van der Waals surface area contributed by atoms with E-state index in [0.717, 1.165) is 5.56 Å². The average Bonchev–Trinajstić information content (AvgIpc) is 2.65. The molecule has 0 radical (unpaired) electrons. The maximum absolute atomic E-state index is 12.7. The van der Waals surface area contributed by atoms with Crippen LogP contribution in [0.4, 0.5) is 14.5 Å². The quantitative estimate of drug-likeness (QED) is 0.708. The number of carbonyl (C=O) groups is 1. The molecule has 0 fully saturated rings. The van der Waals surface area contributed by atoms with E-state index in [4.69, 9.17) is 0 Å². The van der Waals surface area contributed by atoms with Gasteiger partial charge in [0.1, 0.15) is 5.75 Å². The van der Waals surface area contributed by atoms with E-state index >= 15 is 0 Å². The van der Waals surface area contributed by atoms with E-state index in [1.807, 2.05) is 30.3 Å². The minimum absolute atomic E-state index is 0.0863. The molecule has 2 aromatic carbocycles. The first-order valence-electron chi connectivity index (χ1n) is 7.95. The zero-order valence-electron chi connectivity index (χ0n) is 13.7. The summed E-state index contributed by atoms with van der Waals surface area (Å²) in [6.07, 6.45) is 3.43. The Kier molecular flexibility index (Phi) is 5.53. The first-order chi connectivity index (χ1) is 12.6. The molecule has 1 N–H and O–H groups in total. The van der Waals surface area contributed by atoms with Crippen LogP contribution in [0.5, 0.6) is 5.75 Å². The lowest BCUT2D eigenvalue weighted by Crippen LogP contribution is -2.12. The summed E-state index contributed by atoms with van der Waals surface area (Å²) in [6, 6.07) is 17.3. The van der Waals surface area contributed by atoms with Crippen LogP contribution < -0.4 is 10.1 Å². The number of carbonyl (C=O) groups excluding carboxylic acids is 1. The number of hydrogen-bond donors (Lipinski definition) is 1. The topological polar surface area (TPSA) is 51.2 Å². The second kappa shape index (κ2) is 8.20. The third-order valence-electron chi connectivity index (χ3n) is 3.70. The zero-order valence-corrected chi connectivity index (χ0v) is 13.7. The Morgan fingerprint density at radius 1 is 1.08 bits per heavy atom. The van der Waals surface area contributed by atoms with Gasteiger partial charge in [0.25, 0.3) is 5.91 Å². The number of ether oxygens (including phenoxy) is 1. The largest absolute Gasteiger partial charge is 0.435 e. The molecule has 1 heterocycles. The smallest absolute Gasteiger partial charge is 0.387 e. The number of pyridine rings is 1. The first kappa shape index (κ1) is 17.5. The summed E-state index contributed by atoms with van der Waals surface area (Å²) in [7, 11) is 0. The lowest BCUT2D eigenvalue weighted by Gasteiger charge is -2.13. The predicted octanol–water partition coefficient (Wildman–Crippen LogP) is 4.53. The molecule has 0 aliphatic carbocycles. The number of rotatable bonds is 6. The Balaban J connectivity index is 1.85. The minimum atomic E-state index is -2.92. The minimum Gasteiger partial charge on any atom is -0.435 e. The summed E-state index contributed by atoms with van der Waals surface area (Å²) < 4.78 is 30.0. The zero-order chi connectivity index (χ0) is 18.4. The summed E-state index contributed by atoms with van der Waals surface area (Å²) in [5.41, 5.74) is 2.40. The summed E-state index contributed by atoms with van der Waals surface area (Å²) >= 11 is 0. The third-order valence-corrected chi connectivity index (χ3v) is 3.70.